The fourth-order valence-corrected chi connectivity index (χ4v) is 1.64. The summed E-state index contributed by atoms with van der Waals surface area (Å²) in [6, 6.07) is 4.99. The fraction of sp³-hybridized carbons (Fsp3) is 0. The van der Waals surface area contributed by atoms with Crippen molar-refractivity contribution in [2.24, 2.45) is 0 Å². The summed E-state index contributed by atoms with van der Waals surface area (Å²) < 4.78 is 0.780. The summed E-state index contributed by atoms with van der Waals surface area (Å²) in [5.41, 5.74) is 0.444. The molecule has 1 nitrogen and oxygen atoms in total. The van der Waals surface area contributed by atoms with Gasteiger partial charge in [-0.2, -0.15) is 0 Å². The van der Waals surface area contributed by atoms with Crippen LogP contribution in [0.25, 0.3) is 0 Å². The summed E-state index contributed by atoms with van der Waals surface area (Å²) in [4.78, 5) is 10.7. The first-order chi connectivity index (χ1) is 5.11. The number of hydrogen-bond donors (Lipinski definition) is 0. The quantitative estimate of drug-likeness (QED) is 0.544. The van der Waals surface area contributed by atoms with E-state index in [0.717, 1.165) is 4.46 Å². The van der Waals surface area contributed by atoms with Crippen LogP contribution in [0.4, 0.5) is 0 Å². The summed E-state index contributed by atoms with van der Waals surface area (Å²) in [5, 5.41) is 0.0342. The molecule has 0 N–H and O–H groups in total. The summed E-state index contributed by atoms with van der Waals surface area (Å²) >= 11 is 13.2. The van der Waals surface area contributed by atoms with Gasteiger partial charge in [-0.15, -0.1) is 0 Å². The zero-order valence-electron chi connectivity index (χ0n) is 5.34. The average Bonchev–Trinajstić information content (AvgIpc) is 1.94. The Morgan fingerprint density at radius 1 is 1.45 bits per heavy atom. The van der Waals surface area contributed by atoms with E-state index in [0.29, 0.717) is 10.6 Å². The number of rotatable bonds is 1. The van der Waals surface area contributed by atoms with Gasteiger partial charge in [0.05, 0.1) is 0 Å². The van der Waals surface area contributed by atoms with Crippen molar-refractivity contribution in [2.45, 2.75) is 0 Å². The predicted molar refractivity (Wildman–Crippen MR) is 48.4 cm³/mol. The Balaban J connectivity index is 3.23. The Hall–Kier alpha value is -0.0105. The Labute approximate surface area is 82.5 Å². The van der Waals surface area contributed by atoms with Crippen molar-refractivity contribution in [1.29, 1.82) is 0 Å². The van der Waals surface area contributed by atoms with Gasteiger partial charge < -0.3 is 0 Å². The molecule has 0 spiro atoms. The first-order valence-electron chi connectivity index (χ1n) is 2.79. The van der Waals surface area contributed by atoms with Gasteiger partial charge in [0.2, 0.25) is 0 Å². The molecular formula is C7H4Cl2OSe. The zero-order valence-corrected chi connectivity index (χ0v) is 8.73. The van der Waals surface area contributed by atoms with Gasteiger partial charge in [-0.25, -0.2) is 0 Å². The van der Waals surface area contributed by atoms with Crippen LogP contribution in [-0.4, -0.2) is 21.3 Å². The van der Waals surface area contributed by atoms with Crippen molar-refractivity contribution in [1.82, 2.24) is 0 Å². The number of hydrogen-bond acceptors (Lipinski definition) is 1. The van der Waals surface area contributed by atoms with Gasteiger partial charge in [0.25, 0.3) is 0 Å². The van der Waals surface area contributed by atoms with Gasteiger partial charge in [0.1, 0.15) is 0 Å². The van der Waals surface area contributed by atoms with Crippen molar-refractivity contribution < 1.29 is 4.79 Å². The minimum absolute atomic E-state index is 0.444. The van der Waals surface area contributed by atoms with E-state index in [9.17, 15) is 4.79 Å². The topological polar surface area (TPSA) is 17.1 Å². The summed E-state index contributed by atoms with van der Waals surface area (Å²) in [6.07, 6.45) is 0. The molecule has 0 aliphatic carbocycles. The molecule has 0 saturated heterocycles. The van der Waals surface area contributed by atoms with Crippen molar-refractivity contribution in [3.8, 4) is 0 Å². The summed E-state index contributed by atoms with van der Waals surface area (Å²) in [7, 11) is 0. The van der Waals surface area contributed by atoms with Gasteiger partial charge in [0.15, 0.2) is 0 Å². The second-order valence-corrected chi connectivity index (χ2v) is 3.73. The number of benzene rings is 1. The molecule has 0 saturated carbocycles. The van der Waals surface area contributed by atoms with Gasteiger partial charge in [-0.05, 0) is 0 Å². The molecule has 0 aliphatic rings. The molecule has 58 valence electrons. The van der Waals surface area contributed by atoms with Crippen LogP contribution in [0.5, 0.6) is 0 Å². The van der Waals surface area contributed by atoms with Crippen LogP contribution in [0.15, 0.2) is 18.2 Å². The minimum atomic E-state index is -0.483. The van der Waals surface area contributed by atoms with E-state index in [1.54, 1.807) is 18.2 Å². The molecule has 1 rings (SSSR count). The summed E-state index contributed by atoms with van der Waals surface area (Å²) in [5.74, 6) is 0. The van der Waals surface area contributed by atoms with Gasteiger partial charge in [0, 0.05) is 0 Å². The Kier molecular flexibility index (Phi) is 2.97. The number of carbonyl (C=O) groups is 1. The third-order valence-electron chi connectivity index (χ3n) is 1.17. The fourth-order valence-electron chi connectivity index (χ4n) is 0.666. The molecule has 4 heteroatoms. The predicted octanol–water partition coefficient (Wildman–Crippen LogP) is 1.25. The third-order valence-corrected chi connectivity index (χ3v) is 2.43. The van der Waals surface area contributed by atoms with E-state index in [4.69, 9.17) is 23.2 Å². The van der Waals surface area contributed by atoms with E-state index < -0.39 is 5.24 Å². The van der Waals surface area contributed by atoms with Crippen LogP contribution < -0.4 is 4.46 Å². The SMILES string of the molecule is O=C(Cl)c1cc(Cl)ccc1[SeH]. The van der Waals surface area contributed by atoms with Crippen LogP contribution in [0.3, 0.4) is 0 Å². The standard InChI is InChI=1S/C7H4Cl2OSe/c8-4-1-2-6(11)5(3-4)7(9)10/h1-3,11H. The van der Waals surface area contributed by atoms with Crippen LogP contribution in [-0.2, 0) is 0 Å². The second kappa shape index (κ2) is 3.59. The Bertz CT molecular complexity index is 298. The monoisotopic (exact) mass is 254 g/mol. The first-order valence-corrected chi connectivity index (χ1v) is 4.49. The molecule has 0 fully saturated rings. The second-order valence-electron chi connectivity index (χ2n) is 1.94. The Morgan fingerprint density at radius 3 is 2.55 bits per heavy atom. The number of carbonyl (C=O) groups excluding carboxylic acids is 1. The van der Waals surface area contributed by atoms with Crippen molar-refractivity contribution in [3.05, 3.63) is 28.8 Å². The Morgan fingerprint density at radius 2 is 2.09 bits per heavy atom. The molecule has 0 radical (unpaired) electrons. The maximum absolute atomic E-state index is 10.7. The first kappa shape index (κ1) is 9.08. The molecule has 0 amide bonds. The van der Waals surface area contributed by atoms with Crippen molar-refractivity contribution in [2.75, 3.05) is 0 Å². The molecule has 0 atom stereocenters. The van der Waals surface area contributed by atoms with Crippen LogP contribution in [0.1, 0.15) is 10.4 Å². The van der Waals surface area contributed by atoms with Gasteiger partial charge in [-0.1, -0.05) is 0 Å². The van der Waals surface area contributed by atoms with E-state index in [-0.39, 0.29) is 0 Å². The van der Waals surface area contributed by atoms with Gasteiger partial charge >= 0.3 is 82.5 Å². The van der Waals surface area contributed by atoms with Crippen LogP contribution in [0, 0.1) is 0 Å². The molecule has 1 aromatic rings. The zero-order chi connectivity index (χ0) is 8.43. The van der Waals surface area contributed by atoms with E-state index in [1.807, 2.05) is 0 Å². The normalized spacial score (nSPS) is 9.73. The summed E-state index contributed by atoms with van der Waals surface area (Å²) in [6.45, 7) is 0. The van der Waals surface area contributed by atoms with Crippen molar-refractivity contribution in [3.63, 3.8) is 0 Å². The number of halogens is 2. The van der Waals surface area contributed by atoms with E-state index in [1.165, 1.54) is 0 Å². The van der Waals surface area contributed by atoms with Crippen LogP contribution >= 0.6 is 23.2 Å². The molecule has 1 aromatic carbocycles. The van der Waals surface area contributed by atoms with Crippen LogP contribution in [0.2, 0.25) is 5.02 Å². The molecule has 0 aliphatic heterocycles. The average molecular weight is 254 g/mol. The molecule has 11 heavy (non-hydrogen) atoms. The van der Waals surface area contributed by atoms with Gasteiger partial charge in [-0.3, -0.25) is 0 Å². The molecule has 0 aromatic heterocycles. The molecule has 0 heterocycles. The molecular weight excluding hydrogens is 250 g/mol. The maximum atomic E-state index is 10.7. The molecule has 0 unspecified atom stereocenters. The third kappa shape index (κ3) is 2.21. The van der Waals surface area contributed by atoms with Crippen molar-refractivity contribution >= 4 is 48.9 Å². The molecule has 0 bridgehead atoms. The van der Waals surface area contributed by atoms with E-state index in [2.05, 4.69) is 16.0 Å². The van der Waals surface area contributed by atoms with E-state index >= 15 is 0 Å².